The number of hydrogen-bond donors (Lipinski definition) is 2. The maximum Gasteiger partial charge on any atom is 0.221 e. The summed E-state index contributed by atoms with van der Waals surface area (Å²) in [6.45, 7) is 1.49. The van der Waals surface area contributed by atoms with Gasteiger partial charge in [-0.25, -0.2) is 0 Å². The van der Waals surface area contributed by atoms with E-state index in [1.807, 2.05) is 42.6 Å². The van der Waals surface area contributed by atoms with Gasteiger partial charge in [0.05, 0.1) is 30.6 Å². The van der Waals surface area contributed by atoms with Crippen molar-refractivity contribution in [3.8, 4) is 5.75 Å². The molecule has 3 aromatic rings. The van der Waals surface area contributed by atoms with Gasteiger partial charge in [0.2, 0.25) is 5.91 Å². The van der Waals surface area contributed by atoms with Crippen LogP contribution in [0.2, 0.25) is 0 Å². The van der Waals surface area contributed by atoms with Crippen molar-refractivity contribution in [1.82, 2.24) is 14.9 Å². The van der Waals surface area contributed by atoms with E-state index in [0.29, 0.717) is 22.6 Å². The summed E-state index contributed by atoms with van der Waals surface area (Å²) in [5, 5.41) is 7.01. The molecule has 182 valence electrons. The molecule has 1 aliphatic carbocycles. The van der Waals surface area contributed by atoms with Crippen LogP contribution >= 0.6 is 12.2 Å². The molecule has 0 unspecified atom stereocenters. The molecule has 7 nitrogen and oxygen atoms in total. The summed E-state index contributed by atoms with van der Waals surface area (Å²) in [5.74, 6) is 0.443. The number of pyridine rings is 1. The van der Waals surface area contributed by atoms with E-state index in [1.165, 1.54) is 44.6 Å². The molecule has 1 saturated heterocycles. The van der Waals surface area contributed by atoms with Crippen LogP contribution in [-0.2, 0) is 4.79 Å². The van der Waals surface area contributed by atoms with Gasteiger partial charge < -0.3 is 24.8 Å². The summed E-state index contributed by atoms with van der Waals surface area (Å²) in [6, 6.07) is 14.3. The molecule has 8 heteroatoms. The minimum absolute atomic E-state index is 0.0965. The van der Waals surface area contributed by atoms with Gasteiger partial charge >= 0.3 is 0 Å². The summed E-state index contributed by atoms with van der Waals surface area (Å²) < 4.78 is 7.84. The molecule has 2 aromatic heterocycles. The Labute approximate surface area is 211 Å². The molecule has 1 aromatic carbocycles. The Bertz CT molecular complexity index is 1210. The molecule has 2 atom stereocenters. The number of amides is 1. The van der Waals surface area contributed by atoms with Crippen LogP contribution in [0.1, 0.15) is 68.4 Å². The second kappa shape index (κ2) is 10.1. The summed E-state index contributed by atoms with van der Waals surface area (Å²) >= 11 is 5.86. The number of nitrogens with zero attached hydrogens (tertiary/aromatic N) is 3. The van der Waals surface area contributed by atoms with E-state index >= 15 is 0 Å². The number of anilines is 2. The molecule has 2 aliphatic rings. The van der Waals surface area contributed by atoms with Crippen molar-refractivity contribution in [1.29, 1.82) is 0 Å². The number of benzene rings is 1. The van der Waals surface area contributed by atoms with Crippen LogP contribution in [0.3, 0.4) is 0 Å². The van der Waals surface area contributed by atoms with Crippen molar-refractivity contribution in [2.24, 2.45) is 0 Å². The number of ether oxygens (including phenoxy) is 1. The Morgan fingerprint density at radius 2 is 2.00 bits per heavy atom. The Morgan fingerprint density at radius 1 is 1.17 bits per heavy atom. The number of thiocarbonyl (C=S) groups is 1. The van der Waals surface area contributed by atoms with Crippen molar-refractivity contribution in [3.05, 3.63) is 72.3 Å². The number of nitrogens with one attached hydrogen (secondary N) is 2. The van der Waals surface area contributed by atoms with Crippen molar-refractivity contribution in [2.75, 3.05) is 17.3 Å². The van der Waals surface area contributed by atoms with Crippen LogP contribution < -0.4 is 20.3 Å². The largest absolute Gasteiger partial charge is 0.495 e. The molecule has 35 heavy (non-hydrogen) atoms. The third-order valence-corrected chi connectivity index (χ3v) is 7.26. The second-order valence-corrected chi connectivity index (χ2v) is 9.63. The van der Waals surface area contributed by atoms with Gasteiger partial charge in [-0.15, -0.1) is 0 Å². The molecule has 2 N–H and O–H groups in total. The lowest BCUT2D eigenvalue weighted by molar-refractivity contribution is -0.114. The Morgan fingerprint density at radius 3 is 2.71 bits per heavy atom. The lowest BCUT2D eigenvalue weighted by Gasteiger charge is -2.28. The highest BCUT2D eigenvalue weighted by Crippen LogP contribution is 2.43. The van der Waals surface area contributed by atoms with Crippen molar-refractivity contribution < 1.29 is 9.53 Å². The van der Waals surface area contributed by atoms with E-state index in [9.17, 15) is 4.79 Å². The van der Waals surface area contributed by atoms with Crippen LogP contribution in [0.25, 0.3) is 0 Å². The zero-order valence-corrected chi connectivity index (χ0v) is 20.9. The number of methoxy groups -OCH3 is 1. The highest BCUT2D eigenvalue weighted by molar-refractivity contribution is 7.80. The molecule has 1 saturated carbocycles. The predicted octanol–water partition coefficient (Wildman–Crippen LogP) is 5.53. The highest BCUT2D eigenvalue weighted by Gasteiger charge is 2.41. The molecule has 2 fully saturated rings. The standard InChI is InChI=1S/C27H31N5O2S/c1-18(33)29-23-16-21(11-12-24(23)34-2)32-26(25(30-27(32)35)22-10-6-7-14-28-22)19-13-15-31(17-19)20-8-4-3-5-9-20/h6-7,10-17,20,25-26H,3-5,8-9H2,1-2H3,(H,29,33)(H,30,35)/t25-,26+/m1/s1. The van der Waals surface area contributed by atoms with Crippen LogP contribution in [0, 0.1) is 0 Å². The Balaban J connectivity index is 1.56. The lowest BCUT2D eigenvalue weighted by atomic mass is 9.95. The van der Waals surface area contributed by atoms with Crippen LogP contribution in [0.15, 0.2) is 61.1 Å². The fourth-order valence-corrected chi connectivity index (χ4v) is 5.66. The molecule has 5 rings (SSSR count). The number of rotatable bonds is 6. The van der Waals surface area contributed by atoms with Crippen LogP contribution in [0.5, 0.6) is 5.75 Å². The van der Waals surface area contributed by atoms with Crippen LogP contribution in [0.4, 0.5) is 11.4 Å². The van der Waals surface area contributed by atoms with Gasteiger partial charge in [-0.1, -0.05) is 25.3 Å². The normalized spacial score (nSPS) is 20.5. The molecule has 1 amide bonds. The van der Waals surface area contributed by atoms with E-state index in [4.69, 9.17) is 17.0 Å². The highest BCUT2D eigenvalue weighted by atomic mass is 32.1. The van der Waals surface area contributed by atoms with E-state index in [-0.39, 0.29) is 18.0 Å². The number of hydrogen-bond acceptors (Lipinski definition) is 4. The monoisotopic (exact) mass is 489 g/mol. The first-order valence-corrected chi connectivity index (χ1v) is 12.6. The number of aromatic nitrogens is 2. The first-order valence-electron chi connectivity index (χ1n) is 12.2. The molecule has 0 radical (unpaired) electrons. The summed E-state index contributed by atoms with van der Waals surface area (Å²) in [5.41, 5.74) is 3.60. The van der Waals surface area contributed by atoms with E-state index < -0.39 is 0 Å². The lowest BCUT2D eigenvalue weighted by Crippen LogP contribution is -2.29. The number of carbonyl (C=O) groups is 1. The predicted molar refractivity (Wildman–Crippen MR) is 142 cm³/mol. The zero-order chi connectivity index (χ0) is 24.4. The first-order chi connectivity index (χ1) is 17.0. The van der Waals surface area contributed by atoms with Crippen molar-refractivity contribution >= 4 is 34.6 Å². The molecular formula is C27H31N5O2S. The zero-order valence-electron chi connectivity index (χ0n) is 20.1. The van der Waals surface area contributed by atoms with Crippen LogP contribution in [-0.4, -0.2) is 27.7 Å². The van der Waals surface area contributed by atoms with Gasteiger partial charge in [-0.3, -0.25) is 9.78 Å². The fraction of sp³-hybridized carbons (Fsp3) is 0.370. The van der Waals surface area contributed by atoms with Gasteiger partial charge in [-0.05, 0) is 67.0 Å². The Hall–Kier alpha value is -3.39. The maximum atomic E-state index is 11.8. The van der Waals surface area contributed by atoms with Gasteiger partial charge in [0.1, 0.15) is 5.75 Å². The topological polar surface area (TPSA) is 71.4 Å². The molecule has 1 aliphatic heterocycles. The SMILES string of the molecule is COc1ccc(N2C(=S)N[C@H](c3ccccn3)[C@@H]2c2ccn(C3CCCCC3)c2)cc1NC(C)=O. The minimum Gasteiger partial charge on any atom is -0.495 e. The van der Waals surface area contributed by atoms with Gasteiger partial charge in [0.15, 0.2) is 5.11 Å². The minimum atomic E-state index is -0.157. The van der Waals surface area contributed by atoms with Crippen molar-refractivity contribution in [2.45, 2.75) is 57.2 Å². The third kappa shape index (κ3) is 4.75. The molecule has 3 heterocycles. The van der Waals surface area contributed by atoms with E-state index in [0.717, 1.165) is 11.4 Å². The maximum absolute atomic E-state index is 11.8. The fourth-order valence-electron chi connectivity index (χ4n) is 5.32. The quantitative estimate of drug-likeness (QED) is 0.444. The average molecular weight is 490 g/mol. The third-order valence-electron chi connectivity index (χ3n) is 6.95. The molecule has 0 spiro atoms. The Kier molecular flexibility index (Phi) is 6.72. The smallest absolute Gasteiger partial charge is 0.221 e. The number of carbonyl (C=O) groups excluding carboxylic acids is 1. The summed E-state index contributed by atoms with van der Waals surface area (Å²) in [4.78, 5) is 18.6. The first kappa shape index (κ1) is 23.4. The van der Waals surface area contributed by atoms with Gasteiger partial charge in [-0.2, -0.15) is 0 Å². The molecule has 0 bridgehead atoms. The molecular weight excluding hydrogens is 458 g/mol. The van der Waals surface area contributed by atoms with Gasteiger partial charge in [0, 0.05) is 37.2 Å². The summed E-state index contributed by atoms with van der Waals surface area (Å²) in [7, 11) is 1.59. The van der Waals surface area contributed by atoms with E-state index in [1.54, 1.807) is 7.11 Å². The van der Waals surface area contributed by atoms with Crippen molar-refractivity contribution in [3.63, 3.8) is 0 Å². The van der Waals surface area contributed by atoms with E-state index in [2.05, 4.69) is 43.5 Å². The summed E-state index contributed by atoms with van der Waals surface area (Å²) in [6.07, 6.45) is 12.6. The average Bonchev–Trinajstić information content (AvgIpc) is 3.49. The second-order valence-electron chi connectivity index (χ2n) is 9.25. The van der Waals surface area contributed by atoms with Gasteiger partial charge in [0.25, 0.3) is 0 Å².